The van der Waals surface area contributed by atoms with Crippen LogP contribution in [0.25, 0.3) is 0 Å². The minimum Gasteiger partial charge on any atom is -0.405 e. The second-order valence-electron chi connectivity index (χ2n) is 9.57. The van der Waals surface area contributed by atoms with E-state index >= 15 is 0 Å². The van der Waals surface area contributed by atoms with Crippen molar-refractivity contribution < 1.29 is 14.0 Å². The monoisotopic (exact) mass is 493 g/mol. The average molecular weight is 494 g/mol. The summed E-state index contributed by atoms with van der Waals surface area (Å²) < 4.78 is 13.6. The van der Waals surface area contributed by atoms with Gasteiger partial charge in [-0.1, -0.05) is 121 Å². The molecule has 2 aliphatic rings. The molecule has 0 amide bonds. The first-order valence-electron chi connectivity index (χ1n) is 12.7. The minimum atomic E-state index is -2.62. The SMILES string of the molecule is c1ccc(CO[C@H]2CO[Si](c3ccccc3)(c3ccccc3)[C@@H]3CON(Cc4ccccc4)[C@H]23)cc1. The van der Waals surface area contributed by atoms with Gasteiger partial charge in [0.25, 0.3) is 8.32 Å². The average Bonchev–Trinajstić information content (AvgIpc) is 3.38. The minimum absolute atomic E-state index is 0.0885. The van der Waals surface area contributed by atoms with Gasteiger partial charge in [-0.25, -0.2) is 0 Å². The van der Waals surface area contributed by atoms with Gasteiger partial charge in [-0.3, -0.25) is 4.84 Å². The molecule has 0 spiro atoms. The Hall–Kier alpha value is -3.06. The quantitative estimate of drug-likeness (QED) is 0.354. The number of rotatable bonds is 7. The summed E-state index contributed by atoms with van der Waals surface area (Å²) in [7, 11) is -2.62. The molecule has 3 atom stereocenters. The predicted octanol–water partition coefficient (Wildman–Crippen LogP) is 4.55. The van der Waals surface area contributed by atoms with E-state index in [-0.39, 0.29) is 17.7 Å². The van der Waals surface area contributed by atoms with Crippen molar-refractivity contribution in [2.24, 2.45) is 0 Å². The number of nitrogens with zero attached hydrogens (tertiary/aromatic N) is 1. The van der Waals surface area contributed by atoms with Crippen LogP contribution in [0.15, 0.2) is 121 Å². The number of fused-ring (bicyclic) bond motifs is 1. The van der Waals surface area contributed by atoms with Gasteiger partial charge in [0.2, 0.25) is 0 Å². The summed E-state index contributed by atoms with van der Waals surface area (Å²) in [4.78, 5) is 6.49. The summed E-state index contributed by atoms with van der Waals surface area (Å²) in [5.41, 5.74) is 2.60. The Balaban J connectivity index is 1.38. The van der Waals surface area contributed by atoms with E-state index in [1.165, 1.54) is 21.5 Å². The van der Waals surface area contributed by atoms with E-state index < -0.39 is 8.32 Å². The highest BCUT2D eigenvalue weighted by molar-refractivity contribution is 6.98. The normalized spacial score (nSPS) is 23.3. The molecule has 5 heteroatoms. The van der Waals surface area contributed by atoms with Crippen LogP contribution in [0.2, 0.25) is 5.54 Å². The molecule has 2 saturated heterocycles. The molecule has 182 valence electrons. The fourth-order valence-electron chi connectivity index (χ4n) is 5.75. The molecular weight excluding hydrogens is 462 g/mol. The molecule has 2 fully saturated rings. The Kier molecular flexibility index (Phi) is 6.81. The first-order valence-corrected chi connectivity index (χ1v) is 14.7. The summed E-state index contributed by atoms with van der Waals surface area (Å²) in [6, 6.07) is 42.6. The lowest BCUT2D eigenvalue weighted by atomic mass is 10.1. The van der Waals surface area contributed by atoms with Gasteiger partial charge >= 0.3 is 0 Å². The maximum atomic E-state index is 7.06. The third kappa shape index (κ3) is 4.45. The number of hydroxylamine groups is 2. The second kappa shape index (κ2) is 10.5. The van der Waals surface area contributed by atoms with Crippen LogP contribution >= 0.6 is 0 Å². The lowest BCUT2D eigenvalue weighted by Gasteiger charge is -2.47. The highest BCUT2D eigenvalue weighted by atomic mass is 28.4. The Bertz CT molecular complexity index is 1200. The molecule has 6 rings (SSSR count). The Morgan fingerprint density at radius 3 is 1.78 bits per heavy atom. The van der Waals surface area contributed by atoms with Gasteiger partial charge in [-0.05, 0) is 21.5 Å². The van der Waals surface area contributed by atoms with Gasteiger partial charge in [0.05, 0.1) is 32.0 Å². The molecule has 0 unspecified atom stereocenters. The topological polar surface area (TPSA) is 30.9 Å². The molecule has 4 nitrogen and oxygen atoms in total. The van der Waals surface area contributed by atoms with Gasteiger partial charge in [0.15, 0.2) is 0 Å². The Morgan fingerprint density at radius 1 is 0.667 bits per heavy atom. The molecule has 2 aliphatic heterocycles. The number of benzene rings is 4. The van der Waals surface area contributed by atoms with Crippen LogP contribution in [0, 0.1) is 0 Å². The fraction of sp³-hybridized carbons (Fsp3) is 0.226. The molecule has 0 aromatic heterocycles. The predicted molar refractivity (Wildman–Crippen MR) is 144 cm³/mol. The Labute approximate surface area is 214 Å². The van der Waals surface area contributed by atoms with Crippen molar-refractivity contribution in [2.75, 3.05) is 13.2 Å². The third-order valence-corrected chi connectivity index (χ3v) is 12.0. The van der Waals surface area contributed by atoms with Crippen LogP contribution in [0.4, 0.5) is 0 Å². The van der Waals surface area contributed by atoms with Crippen molar-refractivity contribution in [2.45, 2.75) is 30.8 Å². The van der Waals surface area contributed by atoms with Gasteiger partial charge in [0, 0.05) is 12.1 Å². The molecule has 0 radical (unpaired) electrons. The third-order valence-electron chi connectivity index (χ3n) is 7.44. The van der Waals surface area contributed by atoms with E-state index in [2.05, 4.69) is 120 Å². The lowest BCUT2D eigenvalue weighted by Crippen LogP contribution is -2.71. The molecule has 0 aliphatic carbocycles. The molecular formula is C31H31NO3Si. The molecule has 4 aromatic carbocycles. The standard InChI is InChI=1S/C31H31NO3Si/c1-5-13-25(14-6-1)21-32-31-29(33-22-26-15-7-2-8-16-26)23-35-36(30(31)24-34-32,27-17-9-3-10-18-27)28-19-11-4-12-20-28/h1-20,29-31H,21-24H2/t29-,30+,31+/m0/s1. The second-order valence-corrected chi connectivity index (χ2v) is 13.2. The summed E-state index contributed by atoms with van der Waals surface area (Å²) in [6.07, 6.45) is -0.0885. The molecule has 36 heavy (non-hydrogen) atoms. The molecule has 2 heterocycles. The van der Waals surface area contributed by atoms with Gasteiger partial charge in [0.1, 0.15) is 0 Å². The number of hydrogen-bond donors (Lipinski definition) is 0. The number of hydrogen-bond acceptors (Lipinski definition) is 4. The molecule has 4 aromatic rings. The fourth-order valence-corrected chi connectivity index (χ4v) is 10.5. The zero-order chi connectivity index (χ0) is 24.2. The van der Waals surface area contributed by atoms with Crippen LogP contribution < -0.4 is 10.4 Å². The van der Waals surface area contributed by atoms with Gasteiger partial charge in [-0.15, -0.1) is 0 Å². The van der Waals surface area contributed by atoms with Crippen LogP contribution in [-0.4, -0.2) is 38.7 Å². The zero-order valence-corrected chi connectivity index (χ0v) is 21.3. The van der Waals surface area contributed by atoms with E-state index in [0.29, 0.717) is 19.8 Å². The van der Waals surface area contributed by atoms with Gasteiger partial charge < -0.3 is 9.16 Å². The van der Waals surface area contributed by atoms with Crippen molar-refractivity contribution in [3.05, 3.63) is 132 Å². The maximum absolute atomic E-state index is 7.06. The van der Waals surface area contributed by atoms with Crippen LogP contribution in [0.1, 0.15) is 11.1 Å². The largest absolute Gasteiger partial charge is 0.405 e. The van der Waals surface area contributed by atoms with Crippen LogP contribution in [0.3, 0.4) is 0 Å². The van der Waals surface area contributed by atoms with E-state index in [1.54, 1.807) is 0 Å². The summed E-state index contributed by atoms with van der Waals surface area (Å²) >= 11 is 0. The first-order chi connectivity index (χ1) is 17.8. The highest BCUT2D eigenvalue weighted by Crippen LogP contribution is 2.42. The van der Waals surface area contributed by atoms with Crippen LogP contribution in [0.5, 0.6) is 0 Å². The zero-order valence-electron chi connectivity index (χ0n) is 20.3. The van der Waals surface area contributed by atoms with E-state index in [1.807, 2.05) is 6.07 Å². The first kappa shape index (κ1) is 23.3. The smallest absolute Gasteiger partial charge is 0.263 e. The van der Waals surface area contributed by atoms with Crippen molar-refractivity contribution >= 4 is 18.7 Å². The van der Waals surface area contributed by atoms with E-state index in [9.17, 15) is 0 Å². The Morgan fingerprint density at radius 2 is 1.19 bits per heavy atom. The molecule has 0 N–H and O–H groups in total. The van der Waals surface area contributed by atoms with E-state index in [0.717, 1.165) is 6.54 Å². The van der Waals surface area contributed by atoms with Crippen molar-refractivity contribution in [3.8, 4) is 0 Å². The maximum Gasteiger partial charge on any atom is 0.263 e. The summed E-state index contributed by atoms with van der Waals surface area (Å²) in [5.74, 6) is 0. The summed E-state index contributed by atoms with van der Waals surface area (Å²) in [6.45, 7) is 2.45. The van der Waals surface area contributed by atoms with Gasteiger partial charge in [-0.2, -0.15) is 5.06 Å². The summed E-state index contributed by atoms with van der Waals surface area (Å²) in [5, 5.41) is 4.75. The van der Waals surface area contributed by atoms with Crippen molar-refractivity contribution in [1.82, 2.24) is 5.06 Å². The van der Waals surface area contributed by atoms with Crippen molar-refractivity contribution in [1.29, 1.82) is 0 Å². The number of ether oxygens (including phenoxy) is 1. The van der Waals surface area contributed by atoms with Crippen LogP contribution in [-0.2, 0) is 27.2 Å². The van der Waals surface area contributed by atoms with Crippen molar-refractivity contribution in [3.63, 3.8) is 0 Å². The van der Waals surface area contributed by atoms with E-state index in [4.69, 9.17) is 14.0 Å². The highest BCUT2D eigenvalue weighted by Gasteiger charge is 2.60. The molecule has 0 bridgehead atoms. The lowest BCUT2D eigenvalue weighted by molar-refractivity contribution is -0.172. The molecule has 0 saturated carbocycles.